The molecule has 0 radical (unpaired) electrons. The maximum absolute atomic E-state index is 12.2. The molecule has 0 aliphatic heterocycles. The highest BCUT2D eigenvalue weighted by molar-refractivity contribution is 5.97. The van der Waals surface area contributed by atoms with Crippen molar-refractivity contribution < 1.29 is 4.79 Å². The molecule has 0 bridgehead atoms. The van der Waals surface area contributed by atoms with Crippen molar-refractivity contribution in [2.24, 2.45) is 7.05 Å². The van der Waals surface area contributed by atoms with E-state index in [4.69, 9.17) is 0 Å². The van der Waals surface area contributed by atoms with E-state index in [9.17, 15) is 4.79 Å². The lowest BCUT2D eigenvalue weighted by atomic mass is 10.0. The van der Waals surface area contributed by atoms with Crippen LogP contribution in [-0.4, -0.2) is 20.3 Å². The quantitative estimate of drug-likeness (QED) is 0.756. The fourth-order valence-electron chi connectivity index (χ4n) is 1.98. The van der Waals surface area contributed by atoms with Crippen molar-refractivity contribution >= 4 is 5.78 Å². The van der Waals surface area contributed by atoms with Crippen LogP contribution in [0.2, 0.25) is 0 Å². The first-order valence-electron chi connectivity index (χ1n) is 6.14. The molecule has 2 rings (SSSR count). The van der Waals surface area contributed by atoms with Crippen molar-refractivity contribution in [3.8, 4) is 0 Å². The van der Waals surface area contributed by atoms with Crippen LogP contribution < -0.4 is 0 Å². The van der Waals surface area contributed by atoms with Gasteiger partial charge in [0.05, 0.1) is 0 Å². The highest BCUT2D eigenvalue weighted by Gasteiger charge is 2.11. The first-order valence-corrected chi connectivity index (χ1v) is 6.14. The van der Waals surface area contributed by atoms with Gasteiger partial charge in [0.15, 0.2) is 5.78 Å². The van der Waals surface area contributed by atoms with Gasteiger partial charge in [0.1, 0.15) is 5.82 Å². The Morgan fingerprint density at radius 2 is 2.22 bits per heavy atom. The fourth-order valence-corrected chi connectivity index (χ4v) is 1.98. The highest BCUT2D eigenvalue weighted by Crippen LogP contribution is 2.12. The van der Waals surface area contributed by atoms with Crippen LogP contribution in [0.3, 0.4) is 0 Å². The molecule has 2 aromatic rings. The lowest BCUT2D eigenvalue weighted by Gasteiger charge is -2.06. The van der Waals surface area contributed by atoms with Gasteiger partial charge >= 0.3 is 0 Å². The van der Waals surface area contributed by atoms with E-state index in [-0.39, 0.29) is 5.78 Å². The van der Waals surface area contributed by atoms with Crippen LogP contribution in [0.25, 0.3) is 0 Å². The Bertz CT molecular complexity index is 545. The van der Waals surface area contributed by atoms with Gasteiger partial charge < -0.3 is 4.57 Å². The molecular formula is C14H17N3O. The van der Waals surface area contributed by atoms with Crippen LogP contribution in [0.1, 0.15) is 35.1 Å². The Balaban J connectivity index is 2.06. The Morgan fingerprint density at radius 1 is 1.39 bits per heavy atom. The molecule has 0 spiro atoms. The summed E-state index contributed by atoms with van der Waals surface area (Å²) in [6.07, 6.45) is 9.08. The van der Waals surface area contributed by atoms with E-state index in [1.807, 2.05) is 24.7 Å². The number of pyridine rings is 1. The van der Waals surface area contributed by atoms with E-state index in [0.717, 1.165) is 23.4 Å². The third-order valence-electron chi connectivity index (χ3n) is 3.08. The van der Waals surface area contributed by atoms with E-state index in [1.165, 1.54) is 0 Å². The molecule has 4 nitrogen and oxygen atoms in total. The SMILES string of the molecule is CCc1cnccc1C(=O)CCc1nccn1C. The van der Waals surface area contributed by atoms with Crippen molar-refractivity contribution in [2.45, 2.75) is 26.2 Å². The minimum Gasteiger partial charge on any atom is -0.338 e. The summed E-state index contributed by atoms with van der Waals surface area (Å²) in [7, 11) is 1.94. The van der Waals surface area contributed by atoms with Crippen LogP contribution in [0, 0.1) is 0 Å². The smallest absolute Gasteiger partial charge is 0.163 e. The van der Waals surface area contributed by atoms with Gasteiger partial charge in [-0.25, -0.2) is 4.98 Å². The second-order valence-electron chi connectivity index (χ2n) is 4.26. The number of imidazole rings is 1. The maximum Gasteiger partial charge on any atom is 0.163 e. The number of hydrogen-bond acceptors (Lipinski definition) is 3. The summed E-state index contributed by atoms with van der Waals surface area (Å²) in [5.41, 5.74) is 1.81. The number of carbonyl (C=O) groups excluding carboxylic acids is 1. The van der Waals surface area contributed by atoms with Gasteiger partial charge in [0.2, 0.25) is 0 Å². The monoisotopic (exact) mass is 243 g/mol. The minimum absolute atomic E-state index is 0.164. The van der Waals surface area contributed by atoms with Gasteiger partial charge in [-0.05, 0) is 18.1 Å². The third-order valence-corrected chi connectivity index (χ3v) is 3.08. The standard InChI is InChI=1S/C14H17N3O/c1-3-11-10-15-7-6-12(11)13(18)4-5-14-16-8-9-17(14)2/h6-10H,3-5H2,1-2H3. The molecule has 0 atom stereocenters. The zero-order chi connectivity index (χ0) is 13.0. The van der Waals surface area contributed by atoms with E-state index >= 15 is 0 Å². The van der Waals surface area contributed by atoms with Crippen LogP contribution in [0.15, 0.2) is 30.9 Å². The van der Waals surface area contributed by atoms with E-state index in [1.54, 1.807) is 24.7 Å². The minimum atomic E-state index is 0.164. The summed E-state index contributed by atoms with van der Waals surface area (Å²) in [6.45, 7) is 2.03. The molecule has 0 aliphatic rings. The summed E-state index contributed by atoms with van der Waals surface area (Å²) in [5, 5.41) is 0. The summed E-state index contributed by atoms with van der Waals surface area (Å²) in [4.78, 5) is 20.4. The number of nitrogens with zero attached hydrogens (tertiary/aromatic N) is 3. The molecule has 0 saturated carbocycles. The summed E-state index contributed by atoms with van der Waals surface area (Å²) in [5.74, 6) is 1.10. The first-order chi connectivity index (χ1) is 8.72. The van der Waals surface area contributed by atoms with Gasteiger partial charge in [0, 0.05) is 50.2 Å². The second kappa shape index (κ2) is 5.58. The van der Waals surface area contributed by atoms with Gasteiger partial charge in [-0.1, -0.05) is 6.92 Å². The van der Waals surface area contributed by atoms with Gasteiger partial charge in [-0.15, -0.1) is 0 Å². The maximum atomic E-state index is 12.2. The summed E-state index contributed by atoms with van der Waals surface area (Å²) < 4.78 is 1.95. The normalized spacial score (nSPS) is 10.6. The van der Waals surface area contributed by atoms with Crippen LogP contribution in [0.5, 0.6) is 0 Å². The van der Waals surface area contributed by atoms with Crippen molar-refractivity contribution in [3.05, 3.63) is 47.8 Å². The molecule has 0 saturated heterocycles. The molecule has 0 amide bonds. The average molecular weight is 243 g/mol. The van der Waals surface area contributed by atoms with Crippen molar-refractivity contribution in [2.75, 3.05) is 0 Å². The number of carbonyl (C=O) groups is 1. The van der Waals surface area contributed by atoms with Crippen LogP contribution >= 0.6 is 0 Å². The lowest BCUT2D eigenvalue weighted by Crippen LogP contribution is -2.07. The Kier molecular flexibility index (Phi) is 3.87. The third kappa shape index (κ3) is 2.64. The molecule has 4 heteroatoms. The number of hydrogen-bond donors (Lipinski definition) is 0. The molecular weight excluding hydrogens is 226 g/mol. The molecule has 0 fully saturated rings. The van der Waals surface area contributed by atoms with Crippen molar-refractivity contribution in [1.29, 1.82) is 0 Å². The molecule has 2 heterocycles. The number of aromatic nitrogens is 3. The van der Waals surface area contributed by atoms with Crippen LogP contribution in [0.4, 0.5) is 0 Å². The van der Waals surface area contributed by atoms with Crippen molar-refractivity contribution in [1.82, 2.24) is 14.5 Å². The van der Waals surface area contributed by atoms with Gasteiger partial charge in [-0.2, -0.15) is 0 Å². The Morgan fingerprint density at radius 3 is 2.89 bits per heavy atom. The Labute approximate surface area is 107 Å². The molecule has 94 valence electrons. The largest absolute Gasteiger partial charge is 0.338 e. The topological polar surface area (TPSA) is 47.8 Å². The number of ketones is 1. The highest BCUT2D eigenvalue weighted by atomic mass is 16.1. The predicted molar refractivity (Wildman–Crippen MR) is 69.5 cm³/mol. The number of rotatable bonds is 5. The lowest BCUT2D eigenvalue weighted by molar-refractivity contribution is 0.0981. The molecule has 18 heavy (non-hydrogen) atoms. The Hall–Kier alpha value is -1.97. The first kappa shape index (κ1) is 12.5. The molecule has 0 aliphatic carbocycles. The second-order valence-corrected chi connectivity index (χ2v) is 4.26. The average Bonchev–Trinajstić information content (AvgIpc) is 2.81. The van der Waals surface area contributed by atoms with E-state index < -0.39 is 0 Å². The van der Waals surface area contributed by atoms with Crippen LogP contribution in [-0.2, 0) is 19.9 Å². The summed E-state index contributed by atoms with van der Waals surface area (Å²) in [6, 6.07) is 1.81. The van der Waals surface area contributed by atoms with E-state index in [2.05, 4.69) is 9.97 Å². The molecule has 0 unspecified atom stereocenters. The zero-order valence-electron chi connectivity index (χ0n) is 10.8. The molecule has 0 N–H and O–H groups in total. The number of aryl methyl sites for hydroxylation is 3. The van der Waals surface area contributed by atoms with Gasteiger partial charge in [-0.3, -0.25) is 9.78 Å². The number of Topliss-reactive ketones (excluding diaryl/α,β-unsaturated/α-hetero) is 1. The predicted octanol–water partition coefficient (Wildman–Crippen LogP) is 2.19. The van der Waals surface area contributed by atoms with Crippen molar-refractivity contribution in [3.63, 3.8) is 0 Å². The zero-order valence-corrected chi connectivity index (χ0v) is 10.8. The van der Waals surface area contributed by atoms with Gasteiger partial charge in [0.25, 0.3) is 0 Å². The fraction of sp³-hybridized carbons (Fsp3) is 0.357. The molecule has 2 aromatic heterocycles. The van der Waals surface area contributed by atoms with E-state index in [0.29, 0.717) is 12.8 Å². The summed E-state index contributed by atoms with van der Waals surface area (Å²) >= 11 is 0. The molecule has 0 aromatic carbocycles.